The number of nitrogens with zero attached hydrogens (tertiary/aromatic N) is 2. The Kier molecular flexibility index (Phi) is 8.79. The number of nitrogens with one attached hydrogen (secondary N) is 1. The van der Waals surface area contributed by atoms with Crippen LogP contribution in [0.3, 0.4) is 0 Å². The molecule has 1 aliphatic heterocycles. The summed E-state index contributed by atoms with van der Waals surface area (Å²) in [5, 5.41) is 2.77. The van der Waals surface area contributed by atoms with Crippen LogP contribution in [0, 0.1) is 0 Å². The van der Waals surface area contributed by atoms with E-state index >= 15 is 0 Å². The van der Waals surface area contributed by atoms with E-state index in [1.54, 1.807) is 36.4 Å². The Labute approximate surface area is 208 Å². The zero-order valence-corrected chi connectivity index (χ0v) is 21.9. The average molecular weight is 524 g/mol. The highest BCUT2D eigenvalue weighted by molar-refractivity contribution is 7.92. The van der Waals surface area contributed by atoms with Gasteiger partial charge in [0.2, 0.25) is 20.0 Å². The van der Waals surface area contributed by atoms with E-state index in [-0.39, 0.29) is 10.8 Å². The first kappa shape index (κ1) is 27.0. The van der Waals surface area contributed by atoms with Crippen molar-refractivity contribution in [1.29, 1.82) is 0 Å². The normalized spacial score (nSPS) is 16.2. The van der Waals surface area contributed by atoms with E-state index in [0.29, 0.717) is 36.6 Å². The van der Waals surface area contributed by atoms with Crippen molar-refractivity contribution in [3.05, 3.63) is 48.5 Å². The van der Waals surface area contributed by atoms with Crippen LogP contribution in [0.5, 0.6) is 5.75 Å². The van der Waals surface area contributed by atoms with Gasteiger partial charge in [-0.3, -0.25) is 9.10 Å². The summed E-state index contributed by atoms with van der Waals surface area (Å²) < 4.78 is 57.7. The first-order chi connectivity index (χ1) is 16.5. The van der Waals surface area contributed by atoms with Crippen molar-refractivity contribution >= 4 is 37.3 Å². The lowest BCUT2D eigenvalue weighted by molar-refractivity contribution is -0.122. The number of hydrogen-bond acceptors (Lipinski definition) is 6. The minimum Gasteiger partial charge on any atom is -0.481 e. The smallest absolute Gasteiger partial charge is 0.265 e. The Bertz CT molecular complexity index is 1200. The predicted molar refractivity (Wildman–Crippen MR) is 137 cm³/mol. The summed E-state index contributed by atoms with van der Waals surface area (Å²) in [5.41, 5.74) is 0.949. The number of benzene rings is 2. The Morgan fingerprint density at radius 2 is 1.54 bits per heavy atom. The van der Waals surface area contributed by atoms with E-state index in [9.17, 15) is 21.6 Å². The number of rotatable bonds is 9. The van der Waals surface area contributed by atoms with E-state index in [1.165, 1.54) is 23.5 Å². The van der Waals surface area contributed by atoms with Crippen LogP contribution in [0.2, 0.25) is 0 Å². The molecule has 35 heavy (non-hydrogen) atoms. The molecule has 1 heterocycles. The minimum absolute atomic E-state index is 0.208. The molecule has 1 fully saturated rings. The summed E-state index contributed by atoms with van der Waals surface area (Å²) >= 11 is 0. The molecule has 9 nitrogen and oxygen atoms in total. The summed E-state index contributed by atoms with van der Waals surface area (Å²) in [6.07, 6.45) is 4.54. The van der Waals surface area contributed by atoms with Crippen molar-refractivity contribution in [1.82, 2.24) is 4.31 Å². The molecule has 1 amide bonds. The highest BCUT2D eigenvalue weighted by Crippen LogP contribution is 2.24. The summed E-state index contributed by atoms with van der Waals surface area (Å²) in [6.45, 7) is 2.87. The van der Waals surface area contributed by atoms with Gasteiger partial charge in [-0.05, 0) is 67.8 Å². The summed E-state index contributed by atoms with van der Waals surface area (Å²) in [4.78, 5) is 13.0. The average Bonchev–Trinajstić information content (AvgIpc) is 3.12. The Balaban J connectivity index is 1.64. The van der Waals surface area contributed by atoms with Crippen molar-refractivity contribution in [3.8, 4) is 5.75 Å². The van der Waals surface area contributed by atoms with Gasteiger partial charge in [0.05, 0.1) is 16.8 Å². The molecule has 0 aromatic heterocycles. The third kappa shape index (κ3) is 6.96. The molecular formula is C24H33N3O6S2. The lowest BCUT2D eigenvalue weighted by Gasteiger charge is -2.20. The van der Waals surface area contributed by atoms with E-state index in [0.717, 1.165) is 36.2 Å². The molecule has 2 aromatic carbocycles. The van der Waals surface area contributed by atoms with Crippen molar-refractivity contribution < 1.29 is 26.4 Å². The standard InChI is InChI=1S/C24H33N3O6S2/c1-4-23(33-21-13-11-20(12-14-21)26(2)34(3,29)30)24(28)25-19-9-15-22(16-10-19)35(31,32)27-17-7-5-6-8-18-27/h9-16,23H,4-8,17-18H2,1-3H3,(H,25,28). The molecule has 11 heteroatoms. The Morgan fingerprint density at radius 1 is 0.971 bits per heavy atom. The van der Waals surface area contributed by atoms with Gasteiger partial charge in [-0.2, -0.15) is 4.31 Å². The van der Waals surface area contributed by atoms with Crippen LogP contribution in [0.15, 0.2) is 53.4 Å². The van der Waals surface area contributed by atoms with Crippen LogP contribution in [0.25, 0.3) is 0 Å². The van der Waals surface area contributed by atoms with Crippen LogP contribution >= 0.6 is 0 Å². The molecule has 192 valence electrons. The van der Waals surface area contributed by atoms with Crippen LogP contribution in [0.4, 0.5) is 11.4 Å². The third-order valence-corrected chi connectivity index (χ3v) is 9.08. The molecule has 1 N–H and O–H groups in total. The van der Waals surface area contributed by atoms with Crippen molar-refractivity contribution in [3.63, 3.8) is 0 Å². The van der Waals surface area contributed by atoms with E-state index < -0.39 is 26.2 Å². The fourth-order valence-corrected chi connectivity index (χ4v) is 5.80. The lowest BCUT2D eigenvalue weighted by atomic mass is 10.2. The fraction of sp³-hybridized carbons (Fsp3) is 0.458. The summed E-state index contributed by atoms with van der Waals surface area (Å²) in [6, 6.07) is 12.6. The molecule has 1 saturated heterocycles. The van der Waals surface area contributed by atoms with Crippen LogP contribution < -0.4 is 14.4 Å². The number of ether oxygens (including phenoxy) is 1. The molecular weight excluding hydrogens is 490 g/mol. The second kappa shape index (κ2) is 11.4. The topological polar surface area (TPSA) is 113 Å². The highest BCUT2D eigenvalue weighted by Gasteiger charge is 2.25. The molecule has 2 aromatic rings. The van der Waals surface area contributed by atoms with Gasteiger partial charge in [0.15, 0.2) is 6.10 Å². The Morgan fingerprint density at radius 3 is 2.06 bits per heavy atom. The second-order valence-corrected chi connectivity index (χ2v) is 12.5. The largest absolute Gasteiger partial charge is 0.481 e. The number of anilines is 2. The van der Waals surface area contributed by atoms with Crippen LogP contribution in [-0.4, -0.2) is 59.5 Å². The molecule has 1 aliphatic rings. The van der Waals surface area contributed by atoms with Gasteiger partial charge in [-0.15, -0.1) is 0 Å². The maximum absolute atomic E-state index is 12.9. The molecule has 0 aliphatic carbocycles. The van der Waals surface area contributed by atoms with Gasteiger partial charge in [0.1, 0.15) is 5.75 Å². The summed E-state index contributed by atoms with van der Waals surface area (Å²) in [7, 11) is -5.48. The quantitative estimate of drug-likeness (QED) is 0.539. The van der Waals surface area contributed by atoms with E-state index in [4.69, 9.17) is 4.74 Å². The maximum atomic E-state index is 12.9. The van der Waals surface area contributed by atoms with Crippen molar-refractivity contribution in [2.24, 2.45) is 0 Å². The van der Waals surface area contributed by atoms with Gasteiger partial charge in [0, 0.05) is 25.8 Å². The van der Waals surface area contributed by atoms with Gasteiger partial charge >= 0.3 is 0 Å². The van der Waals surface area contributed by atoms with Crippen molar-refractivity contribution in [2.45, 2.75) is 50.0 Å². The van der Waals surface area contributed by atoms with Crippen LogP contribution in [0.1, 0.15) is 39.0 Å². The number of carbonyl (C=O) groups is 1. The van der Waals surface area contributed by atoms with E-state index in [1.807, 2.05) is 6.92 Å². The molecule has 0 radical (unpaired) electrons. The Hall–Kier alpha value is -2.63. The number of carbonyl (C=O) groups excluding carboxylic acids is 1. The van der Waals surface area contributed by atoms with Gasteiger partial charge < -0.3 is 10.1 Å². The van der Waals surface area contributed by atoms with Crippen molar-refractivity contribution in [2.75, 3.05) is 36.0 Å². The first-order valence-corrected chi connectivity index (χ1v) is 14.9. The molecule has 0 spiro atoms. The highest BCUT2D eigenvalue weighted by atomic mass is 32.2. The van der Waals surface area contributed by atoms with Gasteiger partial charge in [-0.1, -0.05) is 19.8 Å². The minimum atomic E-state index is -3.56. The molecule has 1 atom stereocenters. The van der Waals surface area contributed by atoms with Crippen LogP contribution in [-0.2, 0) is 24.8 Å². The van der Waals surface area contributed by atoms with Gasteiger partial charge in [0.25, 0.3) is 5.91 Å². The zero-order valence-electron chi connectivity index (χ0n) is 20.3. The fourth-order valence-electron chi connectivity index (χ4n) is 3.78. The number of hydrogen-bond donors (Lipinski definition) is 1. The molecule has 3 rings (SSSR count). The lowest BCUT2D eigenvalue weighted by Crippen LogP contribution is -2.33. The molecule has 1 unspecified atom stereocenters. The zero-order chi connectivity index (χ0) is 25.6. The maximum Gasteiger partial charge on any atom is 0.265 e. The molecule has 0 saturated carbocycles. The molecule has 0 bridgehead atoms. The summed E-state index contributed by atoms with van der Waals surface area (Å²) in [5.74, 6) is 0.0597. The van der Waals surface area contributed by atoms with E-state index in [2.05, 4.69) is 5.32 Å². The number of sulfonamides is 2. The third-order valence-electron chi connectivity index (χ3n) is 5.96. The SMILES string of the molecule is CCC(Oc1ccc(N(C)S(C)(=O)=O)cc1)C(=O)Nc1ccc(S(=O)(=O)N2CCCCCC2)cc1. The first-order valence-electron chi connectivity index (χ1n) is 11.6. The second-order valence-electron chi connectivity index (χ2n) is 8.57. The van der Waals surface area contributed by atoms with Gasteiger partial charge in [-0.25, -0.2) is 16.8 Å². The predicted octanol–water partition coefficient (Wildman–Crippen LogP) is 3.44. The number of amides is 1. The monoisotopic (exact) mass is 523 g/mol.